The standard InChI is InChI=1S/C16H21ClFN5.HI/c1-19-16(22(2)10-12-9-21-23(3)11-12)20-8-7-13-14(17)5-4-6-15(13)18;/h4-6,9,11H,7-8,10H2,1-3H3,(H,19,20);1H. The second-order valence-electron chi connectivity index (χ2n) is 5.30. The molecule has 0 amide bonds. The molecule has 0 radical (unpaired) electrons. The summed E-state index contributed by atoms with van der Waals surface area (Å²) in [6.07, 6.45) is 4.27. The molecule has 2 rings (SSSR count). The fourth-order valence-corrected chi connectivity index (χ4v) is 2.61. The molecule has 8 heteroatoms. The zero-order valence-electron chi connectivity index (χ0n) is 14.0. The molecule has 2 aromatic rings. The van der Waals surface area contributed by atoms with Crippen molar-refractivity contribution in [3.8, 4) is 0 Å². The Morgan fingerprint density at radius 1 is 1.46 bits per heavy atom. The number of nitrogens with zero attached hydrogens (tertiary/aromatic N) is 4. The van der Waals surface area contributed by atoms with Crippen molar-refractivity contribution in [3.05, 3.63) is 52.6 Å². The molecule has 0 fully saturated rings. The lowest BCUT2D eigenvalue weighted by molar-refractivity contribution is 0.476. The molecule has 0 bridgehead atoms. The minimum atomic E-state index is -0.280. The number of hydrogen-bond acceptors (Lipinski definition) is 2. The summed E-state index contributed by atoms with van der Waals surface area (Å²) < 4.78 is 15.5. The summed E-state index contributed by atoms with van der Waals surface area (Å²) in [6, 6.07) is 4.73. The maximum absolute atomic E-state index is 13.7. The molecular weight excluding hydrogens is 444 g/mol. The molecule has 0 saturated carbocycles. The maximum atomic E-state index is 13.7. The van der Waals surface area contributed by atoms with Gasteiger partial charge in [0.2, 0.25) is 0 Å². The van der Waals surface area contributed by atoms with Crippen molar-refractivity contribution < 1.29 is 4.39 Å². The Morgan fingerprint density at radius 2 is 2.21 bits per heavy atom. The molecule has 1 N–H and O–H groups in total. The van der Waals surface area contributed by atoms with Crippen molar-refractivity contribution in [3.63, 3.8) is 0 Å². The first-order valence-corrected chi connectivity index (χ1v) is 7.71. The highest BCUT2D eigenvalue weighted by molar-refractivity contribution is 14.0. The number of guanidine groups is 1. The van der Waals surface area contributed by atoms with E-state index in [9.17, 15) is 4.39 Å². The monoisotopic (exact) mass is 465 g/mol. The number of halogens is 3. The summed E-state index contributed by atoms with van der Waals surface area (Å²) >= 11 is 6.03. The van der Waals surface area contributed by atoms with Gasteiger partial charge in [-0.15, -0.1) is 24.0 Å². The van der Waals surface area contributed by atoms with Gasteiger partial charge in [-0.3, -0.25) is 9.67 Å². The average Bonchev–Trinajstić information content (AvgIpc) is 2.91. The van der Waals surface area contributed by atoms with Crippen molar-refractivity contribution in [2.45, 2.75) is 13.0 Å². The first-order valence-electron chi connectivity index (χ1n) is 7.33. The van der Waals surface area contributed by atoms with Crippen molar-refractivity contribution >= 4 is 41.5 Å². The molecule has 0 unspecified atom stereocenters. The molecule has 0 atom stereocenters. The number of aromatic nitrogens is 2. The maximum Gasteiger partial charge on any atom is 0.193 e. The SMILES string of the molecule is CN=C(NCCc1c(F)cccc1Cl)N(C)Cc1cnn(C)c1.I. The number of benzene rings is 1. The van der Waals surface area contributed by atoms with E-state index in [0.717, 1.165) is 11.5 Å². The average molecular weight is 466 g/mol. The van der Waals surface area contributed by atoms with Gasteiger partial charge in [0.25, 0.3) is 0 Å². The number of aliphatic imine (C=N–C) groups is 1. The Balaban J connectivity index is 0.00000288. The Morgan fingerprint density at radius 3 is 2.79 bits per heavy atom. The molecule has 0 aliphatic heterocycles. The quantitative estimate of drug-likeness (QED) is 0.419. The third-order valence-electron chi connectivity index (χ3n) is 3.47. The second kappa shape index (κ2) is 9.83. The summed E-state index contributed by atoms with van der Waals surface area (Å²) in [7, 11) is 5.55. The minimum absolute atomic E-state index is 0. The lowest BCUT2D eigenvalue weighted by Crippen LogP contribution is -2.39. The van der Waals surface area contributed by atoms with Crippen LogP contribution in [0, 0.1) is 5.82 Å². The molecule has 0 aliphatic carbocycles. The minimum Gasteiger partial charge on any atom is -0.356 e. The van der Waals surface area contributed by atoms with Crippen LogP contribution in [0.2, 0.25) is 5.02 Å². The molecule has 0 aliphatic rings. The van der Waals surface area contributed by atoms with E-state index >= 15 is 0 Å². The summed E-state index contributed by atoms with van der Waals surface area (Å²) in [6.45, 7) is 1.23. The highest BCUT2D eigenvalue weighted by atomic mass is 127. The van der Waals surface area contributed by atoms with Gasteiger partial charge in [0.1, 0.15) is 5.82 Å². The van der Waals surface area contributed by atoms with Crippen LogP contribution in [-0.4, -0.2) is 41.3 Å². The Hall–Kier alpha value is -1.35. The molecule has 0 spiro atoms. The smallest absolute Gasteiger partial charge is 0.193 e. The van der Waals surface area contributed by atoms with E-state index in [4.69, 9.17) is 11.6 Å². The van der Waals surface area contributed by atoms with Crippen molar-refractivity contribution in [1.29, 1.82) is 0 Å². The second-order valence-corrected chi connectivity index (χ2v) is 5.71. The van der Waals surface area contributed by atoms with Gasteiger partial charge in [-0.05, 0) is 18.6 Å². The van der Waals surface area contributed by atoms with Crippen LogP contribution in [0.15, 0.2) is 35.6 Å². The predicted molar refractivity (Wildman–Crippen MR) is 107 cm³/mol. The van der Waals surface area contributed by atoms with Gasteiger partial charge in [0, 0.05) is 56.6 Å². The highest BCUT2D eigenvalue weighted by Gasteiger charge is 2.10. The topological polar surface area (TPSA) is 45.5 Å². The largest absolute Gasteiger partial charge is 0.356 e. The summed E-state index contributed by atoms with van der Waals surface area (Å²) in [5.74, 6) is 0.458. The molecule has 5 nitrogen and oxygen atoms in total. The van der Waals surface area contributed by atoms with Crippen LogP contribution < -0.4 is 5.32 Å². The molecular formula is C16H22ClFIN5. The van der Waals surface area contributed by atoms with E-state index in [1.54, 1.807) is 23.9 Å². The molecule has 0 saturated heterocycles. The summed E-state index contributed by atoms with van der Waals surface area (Å²) in [4.78, 5) is 6.23. The van der Waals surface area contributed by atoms with Crippen LogP contribution >= 0.6 is 35.6 Å². The van der Waals surface area contributed by atoms with Gasteiger partial charge in [0.05, 0.1) is 6.20 Å². The predicted octanol–water partition coefficient (Wildman–Crippen LogP) is 3.08. The highest BCUT2D eigenvalue weighted by Crippen LogP contribution is 2.18. The van der Waals surface area contributed by atoms with Crippen molar-refractivity contribution in [1.82, 2.24) is 20.0 Å². The van der Waals surface area contributed by atoms with E-state index in [0.29, 0.717) is 30.1 Å². The number of hydrogen-bond donors (Lipinski definition) is 1. The molecule has 132 valence electrons. The third-order valence-corrected chi connectivity index (χ3v) is 3.83. The fourth-order valence-electron chi connectivity index (χ4n) is 2.36. The Labute approximate surface area is 163 Å². The normalized spacial score (nSPS) is 11.1. The van der Waals surface area contributed by atoms with Gasteiger partial charge in [0.15, 0.2) is 5.96 Å². The van der Waals surface area contributed by atoms with Crippen molar-refractivity contribution in [2.24, 2.45) is 12.0 Å². The van der Waals surface area contributed by atoms with Crippen LogP contribution in [0.1, 0.15) is 11.1 Å². The third kappa shape index (κ3) is 5.62. The van der Waals surface area contributed by atoms with E-state index in [2.05, 4.69) is 15.4 Å². The van der Waals surface area contributed by atoms with E-state index in [-0.39, 0.29) is 29.8 Å². The molecule has 24 heavy (non-hydrogen) atoms. The number of rotatable bonds is 5. The number of nitrogens with one attached hydrogen (secondary N) is 1. The lowest BCUT2D eigenvalue weighted by Gasteiger charge is -2.21. The van der Waals surface area contributed by atoms with Gasteiger partial charge in [-0.1, -0.05) is 17.7 Å². The molecule has 1 heterocycles. The van der Waals surface area contributed by atoms with E-state index in [1.807, 2.05) is 31.4 Å². The van der Waals surface area contributed by atoms with Gasteiger partial charge in [-0.2, -0.15) is 5.10 Å². The van der Waals surface area contributed by atoms with Gasteiger partial charge in [-0.25, -0.2) is 4.39 Å². The molecule has 1 aromatic carbocycles. The first-order chi connectivity index (χ1) is 11.0. The fraction of sp³-hybridized carbons (Fsp3) is 0.375. The van der Waals surface area contributed by atoms with Crippen LogP contribution in [0.4, 0.5) is 4.39 Å². The van der Waals surface area contributed by atoms with Crippen LogP contribution in [0.3, 0.4) is 0 Å². The van der Waals surface area contributed by atoms with Gasteiger partial charge >= 0.3 is 0 Å². The van der Waals surface area contributed by atoms with Crippen LogP contribution in [-0.2, 0) is 20.0 Å². The Bertz CT molecular complexity index is 669. The van der Waals surface area contributed by atoms with Crippen LogP contribution in [0.5, 0.6) is 0 Å². The van der Waals surface area contributed by atoms with E-state index < -0.39 is 0 Å². The zero-order valence-corrected chi connectivity index (χ0v) is 17.0. The van der Waals surface area contributed by atoms with E-state index in [1.165, 1.54) is 6.07 Å². The zero-order chi connectivity index (χ0) is 16.8. The summed E-state index contributed by atoms with van der Waals surface area (Å²) in [5.41, 5.74) is 1.61. The molecule has 1 aromatic heterocycles. The summed E-state index contributed by atoms with van der Waals surface area (Å²) in [5, 5.41) is 7.82. The lowest BCUT2D eigenvalue weighted by atomic mass is 10.1. The van der Waals surface area contributed by atoms with Gasteiger partial charge < -0.3 is 10.2 Å². The first kappa shape index (κ1) is 20.7. The Kier molecular flexibility index (Phi) is 8.47. The van der Waals surface area contributed by atoms with Crippen LogP contribution in [0.25, 0.3) is 0 Å². The van der Waals surface area contributed by atoms with Crippen molar-refractivity contribution in [2.75, 3.05) is 20.6 Å². The number of aryl methyl sites for hydroxylation is 1.